The van der Waals surface area contributed by atoms with Gasteiger partial charge in [-0.05, 0) is 31.1 Å². The first kappa shape index (κ1) is 18.1. The number of hydrogen-bond donors (Lipinski definition) is 1. The molecule has 1 aliphatic heterocycles. The van der Waals surface area contributed by atoms with Crippen molar-refractivity contribution in [1.82, 2.24) is 4.90 Å². The van der Waals surface area contributed by atoms with Crippen LogP contribution in [0.5, 0.6) is 11.5 Å². The molecule has 1 heterocycles. The maximum atomic E-state index is 12.4. The molecule has 1 aromatic rings. The Bertz CT molecular complexity index is 661. The third kappa shape index (κ3) is 4.19. The Morgan fingerprint density at radius 3 is 2.83 bits per heavy atom. The van der Waals surface area contributed by atoms with E-state index in [0.29, 0.717) is 38.7 Å². The Balaban J connectivity index is 2.30. The molecule has 1 fully saturated rings. The van der Waals surface area contributed by atoms with E-state index in [-0.39, 0.29) is 11.7 Å². The summed E-state index contributed by atoms with van der Waals surface area (Å²) in [6.45, 7) is 4.95. The van der Waals surface area contributed by atoms with Gasteiger partial charge in [0.2, 0.25) is 0 Å². The van der Waals surface area contributed by atoms with Crippen molar-refractivity contribution in [2.24, 2.45) is 0 Å². The molecular formula is C16H18ClNO3S2. The smallest absolute Gasteiger partial charge is 0.266 e. The summed E-state index contributed by atoms with van der Waals surface area (Å²) in [7, 11) is 0. The number of benzene rings is 1. The van der Waals surface area contributed by atoms with Gasteiger partial charge in [0.05, 0.1) is 16.5 Å². The number of aromatic hydroxyl groups is 1. The minimum atomic E-state index is -0.101. The topological polar surface area (TPSA) is 49.8 Å². The summed E-state index contributed by atoms with van der Waals surface area (Å²) in [5.74, 6) is 0.213. The van der Waals surface area contributed by atoms with Crippen LogP contribution >= 0.6 is 35.6 Å². The highest BCUT2D eigenvalue weighted by atomic mass is 35.5. The van der Waals surface area contributed by atoms with E-state index in [1.54, 1.807) is 17.0 Å². The number of rotatable bonds is 6. The van der Waals surface area contributed by atoms with Gasteiger partial charge in [-0.1, -0.05) is 48.9 Å². The van der Waals surface area contributed by atoms with Gasteiger partial charge in [0.25, 0.3) is 5.91 Å². The number of carbonyl (C=O) groups is 1. The highest BCUT2D eigenvalue weighted by molar-refractivity contribution is 8.26. The van der Waals surface area contributed by atoms with Gasteiger partial charge in [-0.15, -0.1) is 0 Å². The van der Waals surface area contributed by atoms with Crippen LogP contribution < -0.4 is 4.74 Å². The van der Waals surface area contributed by atoms with E-state index < -0.39 is 0 Å². The van der Waals surface area contributed by atoms with Crippen LogP contribution in [0.4, 0.5) is 0 Å². The normalized spacial score (nSPS) is 16.5. The highest BCUT2D eigenvalue weighted by Crippen LogP contribution is 2.37. The molecule has 124 valence electrons. The standard InChI is InChI=1S/C16H18ClNO3S2/c1-3-5-6-18-15(20)14(23-16(18)22)8-10-7-13(21-4-2)12(19)9-11(10)17/h7-9,19H,3-6H2,1-2H3. The first-order valence-corrected chi connectivity index (χ1v) is 8.98. The fraction of sp³-hybridized carbons (Fsp3) is 0.375. The van der Waals surface area contributed by atoms with E-state index in [1.807, 2.05) is 6.92 Å². The lowest BCUT2D eigenvalue weighted by Crippen LogP contribution is -2.28. The third-order valence-corrected chi connectivity index (χ3v) is 4.98. The second-order valence-corrected chi connectivity index (χ2v) is 7.04. The first-order chi connectivity index (χ1) is 11.0. The second-order valence-electron chi connectivity index (χ2n) is 4.96. The van der Waals surface area contributed by atoms with Gasteiger partial charge in [0.15, 0.2) is 11.5 Å². The molecule has 7 heteroatoms. The Kier molecular flexibility index (Phi) is 6.33. The number of nitrogens with zero attached hydrogens (tertiary/aromatic N) is 1. The molecule has 1 aromatic carbocycles. The molecule has 2 rings (SSSR count). The minimum Gasteiger partial charge on any atom is -0.504 e. The van der Waals surface area contributed by atoms with Crippen LogP contribution in [0, 0.1) is 0 Å². The van der Waals surface area contributed by atoms with Crippen molar-refractivity contribution in [3.63, 3.8) is 0 Å². The summed E-state index contributed by atoms with van der Waals surface area (Å²) in [4.78, 5) is 14.6. The summed E-state index contributed by atoms with van der Waals surface area (Å²) in [5, 5.41) is 10.2. The number of phenols is 1. The molecule has 0 aliphatic carbocycles. The van der Waals surface area contributed by atoms with E-state index in [1.165, 1.54) is 17.8 Å². The number of hydrogen-bond acceptors (Lipinski definition) is 5. The van der Waals surface area contributed by atoms with Crippen molar-refractivity contribution in [1.29, 1.82) is 0 Å². The van der Waals surface area contributed by atoms with Crippen molar-refractivity contribution in [3.05, 3.63) is 27.6 Å². The van der Waals surface area contributed by atoms with Crippen molar-refractivity contribution >= 4 is 51.9 Å². The van der Waals surface area contributed by atoms with E-state index in [2.05, 4.69) is 6.92 Å². The summed E-state index contributed by atoms with van der Waals surface area (Å²) in [5.41, 5.74) is 0.615. The molecule has 0 aromatic heterocycles. The average Bonchev–Trinajstić information content (AvgIpc) is 2.76. The van der Waals surface area contributed by atoms with Crippen molar-refractivity contribution in [2.75, 3.05) is 13.2 Å². The maximum absolute atomic E-state index is 12.4. The molecule has 0 unspecified atom stereocenters. The number of thiocarbonyl (C=S) groups is 1. The molecule has 4 nitrogen and oxygen atoms in total. The van der Waals surface area contributed by atoms with Crippen LogP contribution in [0.2, 0.25) is 5.02 Å². The van der Waals surface area contributed by atoms with E-state index in [0.717, 1.165) is 12.8 Å². The Labute approximate surface area is 150 Å². The molecule has 0 spiro atoms. The van der Waals surface area contributed by atoms with Gasteiger partial charge >= 0.3 is 0 Å². The van der Waals surface area contributed by atoms with Crippen LogP contribution in [0.25, 0.3) is 6.08 Å². The number of phenolic OH excluding ortho intramolecular Hbond substituents is 1. The lowest BCUT2D eigenvalue weighted by atomic mass is 10.1. The average molecular weight is 372 g/mol. The molecule has 1 N–H and O–H groups in total. The zero-order valence-electron chi connectivity index (χ0n) is 13.0. The molecule has 1 aliphatic rings. The van der Waals surface area contributed by atoms with Crippen LogP contribution in [0.3, 0.4) is 0 Å². The predicted octanol–water partition coefficient (Wildman–Crippen LogP) is 4.45. The zero-order chi connectivity index (χ0) is 17.0. The van der Waals surface area contributed by atoms with E-state index in [9.17, 15) is 9.90 Å². The summed E-state index contributed by atoms with van der Waals surface area (Å²) < 4.78 is 5.92. The Hall–Kier alpha value is -1.24. The molecule has 0 radical (unpaired) electrons. The fourth-order valence-corrected chi connectivity index (χ4v) is 3.60. The maximum Gasteiger partial charge on any atom is 0.266 e. The summed E-state index contributed by atoms with van der Waals surface area (Å²) in [6.07, 6.45) is 3.60. The molecule has 1 amide bonds. The van der Waals surface area contributed by atoms with Crippen LogP contribution in [-0.4, -0.2) is 33.4 Å². The second kappa shape index (κ2) is 8.04. The van der Waals surface area contributed by atoms with Gasteiger partial charge in [0, 0.05) is 12.6 Å². The first-order valence-electron chi connectivity index (χ1n) is 7.38. The Morgan fingerprint density at radius 2 is 2.17 bits per heavy atom. The number of unbranched alkanes of at least 4 members (excludes halogenated alkanes) is 1. The van der Waals surface area contributed by atoms with Crippen LogP contribution in [-0.2, 0) is 4.79 Å². The van der Waals surface area contributed by atoms with E-state index in [4.69, 9.17) is 28.6 Å². The highest BCUT2D eigenvalue weighted by Gasteiger charge is 2.31. The molecule has 23 heavy (non-hydrogen) atoms. The Morgan fingerprint density at radius 1 is 1.43 bits per heavy atom. The number of thioether (sulfide) groups is 1. The monoisotopic (exact) mass is 371 g/mol. The molecule has 1 saturated heterocycles. The number of carbonyl (C=O) groups excluding carboxylic acids is 1. The van der Waals surface area contributed by atoms with Gasteiger partial charge in [-0.3, -0.25) is 9.69 Å². The molecule has 0 atom stereocenters. The minimum absolute atomic E-state index is 0.0236. The number of halogens is 1. The molecule has 0 saturated carbocycles. The van der Waals surface area contributed by atoms with Crippen molar-refractivity contribution in [2.45, 2.75) is 26.7 Å². The fourth-order valence-electron chi connectivity index (χ4n) is 2.09. The number of ether oxygens (including phenoxy) is 1. The predicted molar refractivity (Wildman–Crippen MR) is 99.1 cm³/mol. The number of amides is 1. The van der Waals surface area contributed by atoms with E-state index >= 15 is 0 Å². The summed E-state index contributed by atoms with van der Waals surface area (Å²) in [6, 6.07) is 3.04. The van der Waals surface area contributed by atoms with Gasteiger partial charge < -0.3 is 9.84 Å². The third-order valence-electron chi connectivity index (χ3n) is 3.27. The van der Waals surface area contributed by atoms with Gasteiger partial charge in [0.1, 0.15) is 4.32 Å². The van der Waals surface area contributed by atoms with Gasteiger partial charge in [-0.25, -0.2) is 0 Å². The quantitative estimate of drug-likeness (QED) is 0.591. The zero-order valence-corrected chi connectivity index (χ0v) is 15.4. The molecule has 0 bridgehead atoms. The summed E-state index contributed by atoms with van der Waals surface area (Å²) >= 11 is 12.7. The van der Waals surface area contributed by atoms with Crippen molar-refractivity contribution < 1.29 is 14.6 Å². The lowest BCUT2D eigenvalue weighted by molar-refractivity contribution is -0.122. The van der Waals surface area contributed by atoms with Crippen LogP contribution in [0.15, 0.2) is 17.0 Å². The van der Waals surface area contributed by atoms with Crippen LogP contribution in [0.1, 0.15) is 32.3 Å². The lowest BCUT2D eigenvalue weighted by Gasteiger charge is -2.13. The molecular weight excluding hydrogens is 354 g/mol. The SMILES string of the molecule is CCCCN1C(=O)C(=Cc2cc(OCC)c(O)cc2Cl)SC1=S. The largest absolute Gasteiger partial charge is 0.504 e. The van der Waals surface area contributed by atoms with Gasteiger partial charge in [-0.2, -0.15) is 0 Å². The van der Waals surface area contributed by atoms with Crippen molar-refractivity contribution in [3.8, 4) is 11.5 Å².